The molecule has 6 heteroatoms. The highest BCUT2D eigenvalue weighted by atomic mass is 35.5. The molecule has 1 aromatic rings. The van der Waals surface area contributed by atoms with Crippen LogP contribution in [-0.4, -0.2) is 42.0 Å². The Bertz CT molecular complexity index is 426. The number of hydrogen-bond donors (Lipinski definition) is 1. The Hall–Kier alpha value is -1.20. The summed E-state index contributed by atoms with van der Waals surface area (Å²) in [6.45, 7) is 5.31. The van der Waals surface area contributed by atoms with Crippen LogP contribution in [0.5, 0.6) is 0 Å². The predicted octanol–water partition coefficient (Wildman–Crippen LogP) is 1.94. The first-order chi connectivity index (χ1) is 8.41. The van der Waals surface area contributed by atoms with Gasteiger partial charge in [-0.2, -0.15) is 0 Å². The highest BCUT2D eigenvalue weighted by Crippen LogP contribution is 2.13. The van der Waals surface area contributed by atoms with E-state index in [1.165, 1.54) is 0 Å². The number of hydrogen-bond acceptors (Lipinski definition) is 3. The fraction of sp³-hybridized carbons (Fsp3) is 0.500. The van der Waals surface area contributed by atoms with Crippen LogP contribution in [-0.2, 0) is 0 Å². The van der Waals surface area contributed by atoms with E-state index in [9.17, 15) is 9.18 Å². The lowest BCUT2D eigenvalue weighted by molar-refractivity contribution is 0.0947. The van der Waals surface area contributed by atoms with Crippen LogP contribution >= 0.6 is 11.6 Å². The van der Waals surface area contributed by atoms with Gasteiger partial charge in [-0.3, -0.25) is 4.79 Å². The normalized spacial score (nSPS) is 11.1. The summed E-state index contributed by atoms with van der Waals surface area (Å²) in [5.74, 6) is -0.993. The zero-order chi connectivity index (χ0) is 13.7. The molecule has 0 fully saturated rings. The smallest absolute Gasteiger partial charge is 0.254 e. The fourth-order valence-corrected chi connectivity index (χ4v) is 1.47. The molecule has 18 heavy (non-hydrogen) atoms. The summed E-state index contributed by atoms with van der Waals surface area (Å²) >= 11 is 5.73. The molecular formula is C12H17ClFN3O. The average Bonchev–Trinajstić information content (AvgIpc) is 2.31. The Morgan fingerprint density at radius 1 is 1.61 bits per heavy atom. The molecule has 0 radical (unpaired) electrons. The van der Waals surface area contributed by atoms with Crippen molar-refractivity contribution in [3.8, 4) is 0 Å². The SMILES string of the molecule is CC(C)N(C)CCNC(=O)c1cc(F)cnc1Cl. The molecule has 0 saturated carbocycles. The molecule has 0 atom stereocenters. The van der Waals surface area contributed by atoms with Crippen molar-refractivity contribution in [2.24, 2.45) is 0 Å². The van der Waals surface area contributed by atoms with Gasteiger partial charge in [0.2, 0.25) is 0 Å². The predicted molar refractivity (Wildman–Crippen MR) is 69.3 cm³/mol. The number of likely N-dealkylation sites (N-methyl/N-ethyl adjacent to an activating group) is 1. The Morgan fingerprint density at radius 3 is 2.89 bits per heavy atom. The summed E-state index contributed by atoms with van der Waals surface area (Å²) in [5.41, 5.74) is 0.0591. The van der Waals surface area contributed by atoms with Gasteiger partial charge >= 0.3 is 0 Å². The van der Waals surface area contributed by atoms with Crippen LogP contribution in [0.4, 0.5) is 4.39 Å². The van der Waals surface area contributed by atoms with Crippen LogP contribution in [0.15, 0.2) is 12.3 Å². The van der Waals surface area contributed by atoms with Gasteiger partial charge in [0.15, 0.2) is 0 Å². The topological polar surface area (TPSA) is 45.2 Å². The zero-order valence-electron chi connectivity index (χ0n) is 10.7. The number of amides is 1. The van der Waals surface area contributed by atoms with E-state index in [0.717, 1.165) is 12.3 Å². The lowest BCUT2D eigenvalue weighted by Gasteiger charge is -2.20. The van der Waals surface area contributed by atoms with Crippen molar-refractivity contribution >= 4 is 17.5 Å². The van der Waals surface area contributed by atoms with Crippen LogP contribution in [0, 0.1) is 5.82 Å². The molecule has 1 rings (SSSR count). The molecule has 1 N–H and O–H groups in total. The number of carbonyl (C=O) groups is 1. The van der Waals surface area contributed by atoms with Crippen LogP contribution in [0.3, 0.4) is 0 Å². The number of aromatic nitrogens is 1. The number of nitrogens with one attached hydrogen (secondary N) is 1. The highest BCUT2D eigenvalue weighted by molar-refractivity contribution is 6.32. The fourth-order valence-electron chi connectivity index (χ4n) is 1.28. The molecule has 0 aromatic carbocycles. The maximum atomic E-state index is 13.0. The van der Waals surface area contributed by atoms with Crippen molar-refractivity contribution in [1.29, 1.82) is 0 Å². The number of pyridine rings is 1. The van der Waals surface area contributed by atoms with Crippen LogP contribution in [0.1, 0.15) is 24.2 Å². The van der Waals surface area contributed by atoms with E-state index in [0.29, 0.717) is 19.1 Å². The second-order valence-corrected chi connectivity index (χ2v) is 4.68. The van der Waals surface area contributed by atoms with Gasteiger partial charge in [0.1, 0.15) is 11.0 Å². The number of halogens is 2. The Kier molecular flexibility index (Phi) is 5.50. The minimum absolute atomic E-state index is 0.00566. The third-order valence-electron chi connectivity index (χ3n) is 2.68. The largest absolute Gasteiger partial charge is 0.351 e. The van der Waals surface area contributed by atoms with Crippen molar-refractivity contribution in [3.05, 3.63) is 28.8 Å². The average molecular weight is 274 g/mol. The second-order valence-electron chi connectivity index (χ2n) is 4.32. The number of nitrogens with zero attached hydrogens (tertiary/aromatic N) is 2. The molecule has 1 aromatic heterocycles. The van der Waals surface area contributed by atoms with Gasteiger partial charge in [0.05, 0.1) is 11.8 Å². The van der Waals surface area contributed by atoms with Gasteiger partial charge in [0.25, 0.3) is 5.91 Å². The first kappa shape index (κ1) is 14.9. The van der Waals surface area contributed by atoms with E-state index in [-0.39, 0.29) is 10.7 Å². The third-order valence-corrected chi connectivity index (χ3v) is 2.98. The maximum Gasteiger partial charge on any atom is 0.254 e. The van der Waals surface area contributed by atoms with E-state index in [4.69, 9.17) is 11.6 Å². The van der Waals surface area contributed by atoms with Crippen molar-refractivity contribution in [2.45, 2.75) is 19.9 Å². The molecule has 0 bridgehead atoms. The molecule has 0 unspecified atom stereocenters. The van der Waals surface area contributed by atoms with Gasteiger partial charge in [-0.1, -0.05) is 11.6 Å². The summed E-state index contributed by atoms with van der Waals surface area (Å²) in [4.78, 5) is 17.4. The van der Waals surface area contributed by atoms with E-state index >= 15 is 0 Å². The summed E-state index contributed by atoms with van der Waals surface area (Å²) in [7, 11) is 1.97. The van der Waals surface area contributed by atoms with Gasteiger partial charge in [0, 0.05) is 19.1 Å². The molecule has 0 spiro atoms. The third kappa shape index (κ3) is 4.23. The first-order valence-corrected chi connectivity index (χ1v) is 6.09. The lowest BCUT2D eigenvalue weighted by atomic mass is 10.2. The molecule has 4 nitrogen and oxygen atoms in total. The van der Waals surface area contributed by atoms with Crippen molar-refractivity contribution in [1.82, 2.24) is 15.2 Å². The van der Waals surface area contributed by atoms with E-state index < -0.39 is 11.7 Å². The molecule has 0 saturated heterocycles. The number of carbonyl (C=O) groups excluding carboxylic acids is 1. The zero-order valence-corrected chi connectivity index (χ0v) is 11.5. The van der Waals surface area contributed by atoms with Crippen molar-refractivity contribution in [2.75, 3.05) is 20.1 Å². The van der Waals surface area contributed by atoms with E-state index in [2.05, 4.69) is 29.0 Å². The molecule has 1 heterocycles. The Morgan fingerprint density at radius 2 is 2.28 bits per heavy atom. The minimum atomic E-state index is -0.580. The van der Waals surface area contributed by atoms with Crippen LogP contribution in [0.25, 0.3) is 0 Å². The summed E-state index contributed by atoms with van der Waals surface area (Å²) < 4.78 is 13.0. The molecular weight excluding hydrogens is 257 g/mol. The van der Waals surface area contributed by atoms with Crippen molar-refractivity contribution < 1.29 is 9.18 Å². The molecule has 1 amide bonds. The molecule has 0 aliphatic rings. The molecule has 100 valence electrons. The monoisotopic (exact) mass is 273 g/mol. The van der Waals surface area contributed by atoms with Crippen LogP contribution < -0.4 is 5.32 Å². The molecule has 0 aliphatic carbocycles. The van der Waals surface area contributed by atoms with Gasteiger partial charge < -0.3 is 10.2 Å². The molecule has 0 aliphatic heterocycles. The summed E-state index contributed by atoms with van der Waals surface area (Å²) in [6, 6.07) is 1.48. The first-order valence-electron chi connectivity index (χ1n) is 5.71. The highest BCUT2D eigenvalue weighted by Gasteiger charge is 2.12. The van der Waals surface area contributed by atoms with Gasteiger partial charge in [-0.25, -0.2) is 9.37 Å². The van der Waals surface area contributed by atoms with E-state index in [1.54, 1.807) is 0 Å². The Balaban J connectivity index is 2.53. The standard InChI is InChI=1S/C12H17ClFN3O/c1-8(2)17(3)5-4-15-12(18)10-6-9(14)7-16-11(10)13/h6-8H,4-5H2,1-3H3,(H,15,18). The quantitative estimate of drug-likeness (QED) is 0.834. The number of rotatable bonds is 5. The second kappa shape index (κ2) is 6.66. The Labute approximate surface area is 111 Å². The van der Waals surface area contributed by atoms with E-state index in [1.807, 2.05) is 7.05 Å². The summed E-state index contributed by atoms with van der Waals surface area (Å²) in [6.07, 6.45) is 0.978. The van der Waals surface area contributed by atoms with Crippen molar-refractivity contribution in [3.63, 3.8) is 0 Å². The van der Waals surface area contributed by atoms with Gasteiger partial charge in [-0.15, -0.1) is 0 Å². The summed E-state index contributed by atoms with van der Waals surface area (Å²) in [5, 5.41) is 2.69. The maximum absolute atomic E-state index is 13.0. The minimum Gasteiger partial charge on any atom is -0.351 e. The lowest BCUT2D eigenvalue weighted by Crippen LogP contribution is -2.36. The van der Waals surface area contributed by atoms with Gasteiger partial charge in [-0.05, 0) is 27.0 Å². The van der Waals surface area contributed by atoms with Crippen LogP contribution in [0.2, 0.25) is 5.15 Å².